The van der Waals surface area contributed by atoms with Gasteiger partial charge in [0, 0.05) is 20.4 Å². The zero-order chi connectivity index (χ0) is 25.6. The van der Waals surface area contributed by atoms with Gasteiger partial charge in [-0.25, -0.2) is 8.42 Å². The van der Waals surface area contributed by atoms with E-state index in [2.05, 4.69) is 0 Å². The van der Waals surface area contributed by atoms with Gasteiger partial charge in [-0.2, -0.15) is 4.31 Å². The number of hydrogen-bond acceptors (Lipinski definition) is 8. The normalized spacial score (nSPS) is 19.9. The monoisotopic (exact) mass is 503 g/mol. The molecule has 2 aromatic rings. The lowest BCUT2D eigenvalue weighted by Crippen LogP contribution is -2.49. The molecule has 0 saturated heterocycles. The first kappa shape index (κ1) is 26.4. The van der Waals surface area contributed by atoms with Crippen LogP contribution < -0.4 is 4.74 Å². The van der Waals surface area contributed by atoms with Crippen molar-refractivity contribution in [1.29, 1.82) is 0 Å². The molecule has 0 spiro atoms. The molecule has 1 aliphatic rings. The minimum absolute atomic E-state index is 0.00622. The number of nitrogens with zero attached hydrogens (tertiary/aromatic N) is 1. The summed E-state index contributed by atoms with van der Waals surface area (Å²) in [6.07, 6.45) is 0.288. The Balaban J connectivity index is 1.98. The first-order chi connectivity index (χ1) is 16.6. The van der Waals surface area contributed by atoms with E-state index in [9.17, 15) is 18.0 Å². The summed E-state index contributed by atoms with van der Waals surface area (Å²) in [5, 5.41) is 0. The fourth-order valence-electron chi connectivity index (χ4n) is 3.50. The fourth-order valence-corrected chi connectivity index (χ4v) is 4.97. The molecule has 2 aromatic carbocycles. The number of aryl methyl sites for hydroxylation is 1. The number of methoxy groups -OCH3 is 1. The van der Waals surface area contributed by atoms with Crippen LogP contribution in [-0.4, -0.2) is 56.8 Å². The second kappa shape index (κ2) is 11.5. The Kier molecular flexibility index (Phi) is 8.66. The summed E-state index contributed by atoms with van der Waals surface area (Å²) in [4.78, 5) is 23.0. The Hall–Kier alpha value is -3.21. The Morgan fingerprint density at radius 1 is 0.971 bits per heavy atom. The van der Waals surface area contributed by atoms with Gasteiger partial charge in [0.1, 0.15) is 30.8 Å². The van der Waals surface area contributed by atoms with Crippen molar-refractivity contribution < 1.29 is 37.0 Å². The molecule has 188 valence electrons. The molecule has 0 unspecified atom stereocenters. The van der Waals surface area contributed by atoms with E-state index in [1.807, 2.05) is 6.92 Å². The SMILES string of the molecule is COc1ccc(CN([C@@H]2C=C[C@H](OC(C)=O)[C@@H](COC(C)=O)O2)S(=O)(=O)c2ccc(C)cc2)cc1. The average molecular weight is 504 g/mol. The zero-order valence-electron chi connectivity index (χ0n) is 20.0. The molecule has 0 aliphatic carbocycles. The van der Waals surface area contributed by atoms with E-state index in [0.717, 1.165) is 5.56 Å². The molecular weight excluding hydrogens is 474 g/mol. The Labute approximate surface area is 205 Å². The van der Waals surface area contributed by atoms with Crippen LogP contribution in [-0.2, 0) is 40.4 Å². The third-order valence-corrected chi connectivity index (χ3v) is 7.13. The molecule has 0 bridgehead atoms. The number of ether oxygens (including phenoxy) is 4. The van der Waals surface area contributed by atoms with E-state index >= 15 is 0 Å². The third-order valence-electron chi connectivity index (χ3n) is 5.31. The van der Waals surface area contributed by atoms with Crippen LogP contribution in [0.25, 0.3) is 0 Å². The van der Waals surface area contributed by atoms with Crippen LogP contribution >= 0.6 is 0 Å². The highest BCUT2D eigenvalue weighted by Gasteiger charge is 2.38. The van der Waals surface area contributed by atoms with Crippen LogP contribution in [0.2, 0.25) is 0 Å². The van der Waals surface area contributed by atoms with Gasteiger partial charge in [0.25, 0.3) is 0 Å². The number of carbonyl (C=O) groups is 2. The van der Waals surface area contributed by atoms with E-state index in [1.54, 1.807) is 49.6 Å². The van der Waals surface area contributed by atoms with Crippen molar-refractivity contribution in [3.8, 4) is 5.75 Å². The quantitative estimate of drug-likeness (QED) is 0.380. The molecule has 10 heteroatoms. The number of sulfonamides is 1. The van der Waals surface area contributed by atoms with Crippen molar-refractivity contribution in [3.05, 3.63) is 71.8 Å². The molecular formula is C25H29NO8S. The molecule has 0 aromatic heterocycles. The Morgan fingerprint density at radius 3 is 2.20 bits per heavy atom. The number of carbonyl (C=O) groups excluding carboxylic acids is 2. The van der Waals surface area contributed by atoms with Gasteiger partial charge in [0.05, 0.1) is 12.0 Å². The zero-order valence-corrected chi connectivity index (χ0v) is 20.9. The first-order valence-corrected chi connectivity index (χ1v) is 12.4. The molecule has 1 heterocycles. The number of benzene rings is 2. The predicted octanol–water partition coefficient (Wildman–Crippen LogP) is 2.97. The lowest BCUT2D eigenvalue weighted by molar-refractivity contribution is -0.169. The van der Waals surface area contributed by atoms with Gasteiger partial charge in [-0.15, -0.1) is 0 Å². The van der Waals surface area contributed by atoms with Gasteiger partial charge >= 0.3 is 11.9 Å². The topological polar surface area (TPSA) is 108 Å². The van der Waals surface area contributed by atoms with Crippen LogP contribution in [0.5, 0.6) is 5.75 Å². The van der Waals surface area contributed by atoms with Gasteiger partial charge in [0.15, 0.2) is 0 Å². The van der Waals surface area contributed by atoms with Crippen molar-refractivity contribution in [2.45, 2.75) is 50.6 Å². The minimum atomic E-state index is -4.02. The number of hydrogen-bond donors (Lipinski definition) is 0. The van der Waals surface area contributed by atoms with Crippen molar-refractivity contribution in [1.82, 2.24) is 4.31 Å². The molecule has 1 aliphatic heterocycles. The molecule has 35 heavy (non-hydrogen) atoms. The molecule has 0 fully saturated rings. The predicted molar refractivity (Wildman–Crippen MR) is 127 cm³/mol. The van der Waals surface area contributed by atoms with Gasteiger partial charge in [0.2, 0.25) is 10.0 Å². The summed E-state index contributed by atoms with van der Waals surface area (Å²) in [5.41, 5.74) is 1.63. The van der Waals surface area contributed by atoms with Crippen LogP contribution in [0.15, 0.2) is 65.6 Å². The molecule has 9 nitrogen and oxygen atoms in total. The summed E-state index contributed by atoms with van der Waals surface area (Å²) < 4.78 is 50.2. The summed E-state index contributed by atoms with van der Waals surface area (Å²) in [6, 6.07) is 13.5. The highest BCUT2D eigenvalue weighted by atomic mass is 32.2. The van der Waals surface area contributed by atoms with E-state index < -0.39 is 40.4 Å². The highest BCUT2D eigenvalue weighted by molar-refractivity contribution is 7.89. The summed E-state index contributed by atoms with van der Waals surface area (Å²) in [5.74, 6) is -0.443. The van der Waals surface area contributed by atoms with Crippen LogP contribution in [0.1, 0.15) is 25.0 Å². The maximum Gasteiger partial charge on any atom is 0.303 e. The van der Waals surface area contributed by atoms with Crippen molar-refractivity contribution in [2.75, 3.05) is 13.7 Å². The second-order valence-electron chi connectivity index (χ2n) is 8.04. The largest absolute Gasteiger partial charge is 0.497 e. The third kappa shape index (κ3) is 6.91. The van der Waals surface area contributed by atoms with E-state index in [1.165, 1.54) is 36.4 Å². The molecule has 3 atom stereocenters. The first-order valence-electron chi connectivity index (χ1n) is 11.0. The lowest BCUT2D eigenvalue weighted by Gasteiger charge is -2.36. The molecule has 0 saturated carbocycles. The van der Waals surface area contributed by atoms with Crippen LogP contribution in [0.3, 0.4) is 0 Å². The van der Waals surface area contributed by atoms with Gasteiger partial charge in [-0.1, -0.05) is 29.8 Å². The molecule has 0 radical (unpaired) electrons. The van der Waals surface area contributed by atoms with Gasteiger partial charge in [-0.3, -0.25) is 9.59 Å². The van der Waals surface area contributed by atoms with Crippen molar-refractivity contribution in [2.24, 2.45) is 0 Å². The van der Waals surface area contributed by atoms with E-state index in [0.29, 0.717) is 11.3 Å². The van der Waals surface area contributed by atoms with Crippen molar-refractivity contribution in [3.63, 3.8) is 0 Å². The van der Waals surface area contributed by atoms with E-state index in [-0.39, 0.29) is 18.0 Å². The lowest BCUT2D eigenvalue weighted by atomic mass is 10.1. The molecule has 0 N–H and O–H groups in total. The summed E-state index contributed by atoms with van der Waals surface area (Å²) in [7, 11) is -2.47. The number of rotatable bonds is 9. The van der Waals surface area contributed by atoms with Gasteiger partial charge < -0.3 is 18.9 Å². The Morgan fingerprint density at radius 2 is 1.63 bits per heavy atom. The standard InChI is InChI=1S/C25H29NO8S/c1-17-5-11-22(12-6-17)35(29,30)26(15-20-7-9-21(31-4)10-8-20)25-14-13-23(33-19(3)28)24(34-25)16-32-18(2)27/h5-14,23-25H,15-16H2,1-4H3/t23-,24+,25-/m0/s1. The average Bonchev–Trinajstić information content (AvgIpc) is 2.82. The maximum absolute atomic E-state index is 13.7. The highest BCUT2D eigenvalue weighted by Crippen LogP contribution is 2.28. The second-order valence-corrected chi connectivity index (χ2v) is 9.93. The Bertz CT molecular complexity index is 1160. The minimum Gasteiger partial charge on any atom is -0.497 e. The number of esters is 2. The summed E-state index contributed by atoms with van der Waals surface area (Å²) >= 11 is 0. The molecule has 0 amide bonds. The summed E-state index contributed by atoms with van der Waals surface area (Å²) in [6.45, 7) is 4.14. The molecule has 3 rings (SSSR count). The maximum atomic E-state index is 13.7. The smallest absolute Gasteiger partial charge is 0.303 e. The van der Waals surface area contributed by atoms with Crippen LogP contribution in [0, 0.1) is 6.92 Å². The fraction of sp³-hybridized carbons (Fsp3) is 0.360. The van der Waals surface area contributed by atoms with Gasteiger partial charge in [-0.05, 0) is 48.9 Å². The van der Waals surface area contributed by atoms with E-state index in [4.69, 9.17) is 18.9 Å². The van der Waals surface area contributed by atoms with Crippen molar-refractivity contribution >= 4 is 22.0 Å². The van der Waals surface area contributed by atoms with Crippen LogP contribution in [0.4, 0.5) is 0 Å².